The van der Waals surface area contributed by atoms with Gasteiger partial charge in [-0.05, 0) is 33.6 Å². The highest BCUT2D eigenvalue weighted by Crippen LogP contribution is 2.18. The standard InChI is InChI=1S/C11H21N3O2/c1-4-14(5-2)11(16)12-8(3)10(15)13-9-6-7-9/h8-9H,4-7H2,1-3H3,(H,12,16)(H,13,15). The summed E-state index contributed by atoms with van der Waals surface area (Å²) in [5.41, 5.74) is 0. The van der Waals surface area contributed by atoms with Gasteiger partial charge in [-0.15, -0.1) is 0 Å². The smallest absolute Gasteiger partial charge is 0.318 e. The number of amides is 3. The number of hydrogen-bond donors (Lipinski definition) is 2. The Morgan fingerprint density at radius 2 is 1.88 bits per heavy atom. The van der Waals surface area contributed by atoms with Gasteiger partial charge in [-0.2, -0.15) is 0 Å². The molecule has 1 fully saturated rings. The van der Waals surface area contributed by atoms with Gasteiger partial charge in [-0.1, -0.05) is 0 Å². The maximum Gasteiger partial charge on any atom is 0.318 e. The highest BCUT2D eigenvalue weighted by Gasteiger charge is 2.26. The van der Waals surface area contributed by atoms with Crippen molar-refractivity contribution in [3.63, 3.8) is 0 Å². The molecule has 0 aliphatic heterocycles. The first-order valence-electron chi connectivity index (χ1n) is 5.94. The van der Waals surface area contributed by atoms with Crippen LogP contribution in [-0.2, 0) is 4.79 Å². The van der Waals surface area contributed by atoms with Crippen molar-refractivity contribution in [2.45, 2.75) is 45.7 Å². The number of rotatable bonds is 5. The first-order valence-corrected chi connectivity index (χ1v) is 5.94. The minimum atomic E-state index is -0.464. The Kier molecular flexibility index (Phi) is 4.58. The van der Waals surface area contributed by atoms with E-state index in [1.165, 1.54) is 0 Å². The molecule has 0 radical (unpaired) electrons. The van der Waals surface area contributed by atoms with Gasteiger partial charge in [0.1, 0.15) is 6.04 Å². The maximum absolute atomic E-state index is 11.7. The molecule has 0 heterocycles. The second-order valence-electron chi connectivity index (χ2n) is 4.13. The molecule has 16 heavy (non-hydrogen) atoms. The fourth-order valence-corrected chi connectivity index (χ4v) is 1.41. The van der Waals surface area contributed by atoms with E-state index in [1.807, 2.05) is 13.8 Å². The van der Waals surface area contributed by atoms with E-state index < -0.39 is 6.04 Å². The molecular formula is C11H21N3O2. The highest BCUT2D eigenvalue weighted by molar-refractivity contribution is 5.87. The second-order valence-corrected chi connectivity index (χ2v) is 4.13. The average molecular weight is 227 g/mol. The summed E-state index contributed by atoms with van der Waals surface area (Å²) in [6.07, 6.45) is 2.12. The molecule has 1 rings (SSSR count). The zero-order chi connectivity index (χ0) is 12.1. The van der Waals surface area contributed by atoms with Crippen molar-refractivity contribution in [1.82, 2.24) is 15.5 Å². The van der Waals surface area contributed by atoms with Gasteiger partial charge in [0.2, 0.25) is 5.91 Å². The van der Waals surface area contributed by atoms with Gasteiger partial charge < -0.3 is 15.5 Å². The van der Waals surface area contributed by atoms with E-state index in [9.17, 15) is 9.59 Å². The third kappa shape index (κ3) is 3.72. The van der Waals surface area contributed by atoms with Gasteiger partial charge in [0.25, 0.3) is 0 Å². The van der Waals surface area contributed by atoms with E-state index in [4.69, 9.17) is 0 Å². The lowest BCUT2D eigenvalue weighted by Gasteiger charge is -2.22. The Morgan fingerprint density at radius 3 is 2.31 bits per heavy atom. The van der Waals surface area contributed by atoms with E-state index >= 15 is 0 Å². The zero-order valence-electron chi connectivity index (χ0n) is 10.2. The summed E-state index contributed by atoms with van der Waals surface area (Å²) in [7, 11) is 0. The molecule has 2 N–H and O–H groups in total. The monoisotopic (exact) mass is 227 g/mol. The number of nitrogens with one attached hydrogen (secondary N) is 2. The van der Waals surface area contributed by atoms with Crippen LogP contribution in [0.5, 0.6) is 0 Å². The third-order valence-electron chi connectivity index (χ3n) is 2.71. The van der Waals surface area contributed by atoms with Crippen molar-refractivity contribution < 1.29 is 9.59 Å². The fourth-order valence-electron chi connectivity index (χ4n) is 1.41. The minimum absolute atomic E-state index is 0.0944. The number of hydrogen-bond acceptors (Lipinski definition) is 2. The summed E-state index contributed by atoms with van der Waals surface area (Å²) < 4.78 is 0. The zero-order valence-corrected chi connectivity index (χ0v) is 10.2. The Bertz CT molecular complexity index is 260. The molecule has 0 aromatic heterocycles. The Hall–Kier alpha value is -1.26. The first kappa shape index (κ1) is 12.8. The molecule has 0 spiro atoms. The van der Waals surface area contributed by atoms with E-state index in [0.29, 0.717) is 19.1 Å². The lowest BCUT2D eigenvalue weighted by molar-refractivity contribution is -0.122. The molecular weight excluding hydrogens is 206 g/mol. The lowest BCUT2D eigenvalue weighted by atomic mass is 10.3. The van der Waals surface area contributed by atoms with E-state index in [0.717, 1.165) is 12.8 Å². The van der Waals surface area contributed by atoms with Gasteiger partial charge >= 0.3 is 6.03 Å². The van der Waals surface area contributed by atoms with Crippen molar-refractivity contribution in [2.24, 2.45) is 0 Å². The molecule has 3 amide bonds. The first-order chi connectivity index (χ1) is 7.58. The van der Waals surface area contributed by atoms with Crippen molar-refractivity contribution in [3.05, 3.63) is 0 Å². The fraction of sp³-hybridized carbons (Fsp3) is 0.818. The molecule has 0 bridgehead atoms. The van der Waals surface area contributed by atoms with Gasteiger partial charge in [-0.3, -0.25) is 4.79 Å². The van der Waals surface area contributed by atoms with Gasteiger partial charge in [0.05, 0.1) is 0 Å². The van der Waals surface area contributed by atoms with Crippen molar-refractivity contribution in [3.8, 4) is 0 Å². The Morgan fingerprint density at radius 1 is 1.31 bits per heavy atom. The van der Waals surface area contributed by atoms with Crippen LogP contribution < -0.4 is 10.6 Å². The highest BCUT2D eigenvalue weighted by atomic mass is 16.2. The number of carbonyl (C=O) groups excluding carboxylic acids is 2. The maximum atomic E-state index is 11.7. The molecule has 5 heteroatoms. The van der Waals surface area contributed by atoms with Crippen LogP contribution in [0.15, 0.2) is 0 Å². The SMILES string of the molecule is CCN(CC)C(=O)NC(C)C(=O)NC1CC1. The summed E-state index contributed by atoms with van der Waals surface area (Å²) in [5, 5.41) is 5.55. The van der Waals surface area contributed by atoms with Crippen molar-refractivity contribution in [2.75, 3.05) is 13.1 Å². The van der Waals surface area contributed by atoms with E-state index in [-0.39, 0.29) is 11.9 Å². The molecule has 1 aliphatic rings. The molecule has 1 unspecified atom stereocenters. The van der Waals surface area contributed by atoms with E-state index in [2.05, 4.69) is 10.6 Å². The molecule has 92 valence electrons. The number of urea groups is 1. The van der Waals surface area contributed by atoms with Gasteiger partial charge in [0.15, 0.2) is 0 Å². The summed E-state index contributed by atoms with van der Waals surface area (Å²) in [6.45, 7) is 6.84. The third-order valence-corrected chi connectivity index (χ3v) is 2.71. The normalized spacial score (nSPS) is 16.4. The summed E-state index contributed by atoms with van der Waals surface area (Å²) in [5.74, 6) is -0.0944. The Balaban J connectivity index is 2.33. The van der Waals surface area contributed by atoms with Crippen LogP contribution in [0.3, 0.4) is 0 Å². The molecule has 0 aromatic rings. The average Bonchev–Trinajstić information content (AvgIpc) is 3.03. The van der Waals surface area contributed by atoms with Gasteiger partial charge in [-0.25, -0.2) is 4.79 Å². The van der Waals surface area contributed by atoms with E-state index in [1.54, 1.807) is 11.8 Å². The predicted molar refractivity (Wildman–Crippen MR) is 62.1 cm³/mol. The largest absolute Gasteiger partial charge is 0.352 e. The number of nitrogens with zero attached hydrogens (tertiary/aromatic N) is 1. The van der Waals surface area contributed by atoms with Crippen molar-refractivity contribution in [1.29, 1.82) is 0 Å². The lowest BCUT2D eigenvalue weighted by Crippen LogP contribution is -2.50. The predicted octanol–water partition coefficient (Wildman–Crippen LogP) is 0.705. The topological polar surface area (TPSA) is 61.4 Å². The molecule has 0 aromatic carbocycles. The molecule has 1 aliphatic carbocycles. The van der Waals surface area contributed by atoms with Crippen LogP contribution in [0.1, 0.15) is 33.6 Å². The molecule has 1 atom stereocenters. The number of carbonyl (C=O) groups is 2. The summed E-state index contributed by atoms with van der Waals surface area (Å²) in [6, 6.07) is -0.308. The minimum Gasteiger partial charge on any atom is -0.352 e. The van der Waals surface area contributed by atoms with Crippen LogP contribution in [-0.4, -0.2) is 42.0 Å². The molecule has 0 saturated heterocycles. The summed E-state index contributed by atoms with van der Waals surface area (Å²) in [4.78, 5) is 24.9. The van der Waals surface area contributed by atoms with Crippen LogP contribution in [0.2, 0.25) is 0 Å². The van der Waals surface area contributed by atoms with Crippen LogP contribution in [0.25, 0.3) is 0 Å². The van der Waals surface area contributed by atoms with Crippen LogP contribution >= 0.6 is 0 Å². The van der Waals surface area contributed by atoms with Gasteiger partial charge in [0, 0.05) is 19.1 Å². The quantitative estimate of drug-likeness (QED) is 0.726. The second kappa shape index (κ2) is 5.72. The van der Waals surface area contributed by atoms with Crippen LogP contribution in [0, 0.1) is 0 Å². The molecule has 1 saturated carbocycles. The summed E-state index contributed by atoms with van der Waals surface area (Å²) >= 11 is 0. The van der Waals surface area contributed by atoms with Crippen LogP contribution in [0.4, 0.5) is 4.79 Å². The molecule has 5 nitrogen and oxygen atoms in total. The Labute approximate surface area is 96.6 Å². The van der Waals surface area contributed by atoms with Crippen molar-refractivity contribution >= 4 is 11.9 Å².